The van der Waals surface area contributed by atoms with Crippen molar-refractivity contribution >= 4 is 11.6 Å². The molecule has 9 heteroatoms. The van der Waals surface area contributed by atoms with E-state index in [0.29, 0.717) is 48.9 Å². The maximum atomic E-state index is 14.1. The summed E-state index contributed by atoms with van der Waals surface area (Å²) in [6.07, 6.45) is 3.17. The summed E-state index contributed by atoms with van der Waals surface area (Å²) >= 11 is 0. The van der Waals surface area contributed by atoms with Gasteiger partial charge in [0, 0.05) is 36.3 Å². The van der Waals surface area contributed by atoms with Crippen LogP contribution in [0.2, 0.25) is 0 Å². The second kappa shape index (κ2) is 9.32. The van der Waals surface area contributed by atoms with Gasteiger partial charge in [-0.3, -0.25) is 4.79 Å². The second-order valence-corrected chi connectivity index (χ2v) is 8.40. The van der Waals surface area contributed by atoms with Gasteiger partial charge in [-0.2, -0.15) is 5.10 Å². The third kappa shape index (κ3) is 4.18. The van der Waals surface area contributed by atoms with Crippen molar-refractivity contribution in [2.24, 2.45) is 0 Å². The lowest BCUT2D eigenvalue weighted by molar-refractivity contribution is 0.0705. The lowest BCUT2D eigenvalue weighted by Gasteiger charge is -2.30. The molecule has 35 heavy (non-hydrogen) atoms. The first-order valence-corrected chi connectivity index (χ1v) is 11.3. The van der Waals surface area contributed by atoms with Crippen molar-refractivity contribution in [3.8, 4) is 22.6 Å². The molecule has 1 fully saturated rings. The highest BCUT2D eigenvalue weighted by molar-refractivity contribution is 5.94. The quantitative estimate of drug-likeness (QED) is 0.416. The van der Waals surface area contributed by atoms with Crippen molar-refractivity contribution < 1.29 is 23.0 Å². The number of likely N-dealkylation sites (tertiary alicyclic amines) is 1. The summed E-state index contributed by atoms with van der Waals surface area (Å²) in [5, 5.41) is 4.69. The fraction of sp³-hybridized carbons (Fsp3) is 0.269. The fourth-order valence-electron chi connectivity index (χ4n) is 4.53. The van der Waals surface area contributed by atoms with Crippen LogP contribution in [-0.2, 0) is 0 Å². The lowest BCUT2D eigenvalue weighted by atomic mass is 9.95. The maximum absolute atomic E-state index is 14.1. The van der Waals surface area contributed by atoms with Gasteiger partial charge >= 0.3 is 0 Å². The van der Waals surface area contributed by atoms with Crippen LogP contribution in [-0.4, -0.2) is 52.7 Å². The summed E-state index contributed by atoms with van der Waals surface area (Å²) in [6, 6.07) is 13.2. The average molecular weight is 478 g/mol. The molecule has 0 saturated carbocycles. The van der Waals surface area contributed by atoms with E-state index in [1.54, 1.807) is 23.6 Å². The topological polar surface area (TPSA) is 69.0 Å². The van der Waals surface area contributed by atoms with Crippen LogP contribution < -0.4 is 9.47 Å². The Labute approximate surface area is 200 Å². The van der Waals surface area contributed by atoms with Gasteiger partial charge in [0.05, 0.1) is 19.8 Å². The number of para-hydroxylation sites is 1. The number of aromatic nitrogens is 3. The summed E-state index contributed by atoms with van der Waals surface area (Å²) in [7, 11) is 3.20. The van der Waals surface area contributed by atoms with E-state index in [1.807, 2.05) is 36.5 Å². The van der Waals surface area contributed by atoms with E-state index in [4.69, 9.17) is 14.6 Å². The number of benzene rings is 2. The highest BCUT2D eigenvalue weighted by Crippen LogP contribution is 2.38. The number of carbonyl (C=O) groups is 1. The number of nitrogens with zero attached hydrogens (tertiary/aromatic N) is 4. The number of rotatable bonds is 5. The molecule has 0 N–H and O–H groups in total. The van der Waals surface area contributed by atoms with Crippen LogP contribution in [0.4, 0.5) is 8.78 Å². The fourth-order valence-corrected chi connectivity index (χ4v) is 4.53. The lowest BCUT2D eigenvalue weighted by Crippen LogP contribution is -2.38. The van der Waals surface area contributed by atoms with Crippen LogP contribution >= 0.6 is 0 Å². The monoisotopic (exact) mass is 478 g/mol. The van der Waals surface area contributed by atoms with E-state index in [9.17, 15) is 13.6 Å². The Morgan fingerprint density at radius 1 is 1.00 bits per heavy atom. The largest absolute Gasteiger partial charge is 0.493 e. The van der Waals surface area contributed by atoms with Crippen molar-refractivity contribution in [1.82, 2.24) is 19.5 Å². The zero-order valence-electron chi connectivity index (χ0n) is 19.4. The molecule has 1 aliphatic heterocycles. The van der Waals surface area contributed by atoms with Gasteiger partial charge in [0.1, 0.15) is 0 Å². The number of ether oxygens (including phenoxy) is 2. The maximum Gasteiger partial charge on any atom is 0.256 e. The van der Waals surface area contributed by atoms with Crippen LogP contribution in [0.25, 0.3) is 16.8 Å². The number of pyridine rings is 1. The van der Waals surface area contributed by atoms with Crippen molar-refractivity contribution in [3.63, 3.8) is 0 Å². The Hall–Kier alpha value is -4.01. The van der Waals surface area contributed by atoms with Gasteiger partial charge in [0.15, 0.2) is 34.6 Å². The summed E-state index contributed by atoms with van der Waals surface area (Å²) < 4.78 is 40.3. The van der Waals surface area contributed by atoms with Crippen molar-refractivity contribution in [3.05, 3.63) is 77.8 Å². The van der Waals surface area contributed by atoms with Crippen molar-refractivity contribution in [1.29, 1.82) is 0 Å². The molecule has 0 aliphatic carbocycles. The predicted molar refractivity (Wildman–Crippen MR) is 126 cm³/mol. The molecule has 0 bridgehead atoms. The second-order valence-electron chi connectivity index (χ2n) is 8.40. The minimum absolute atomic E-state index is 0.0612. The SMILES string of the molecule is COc1cccc(-c2ccc3nc(C4CCN(C(=O)c5cccc(F)c5F)CC4)nn3c2)c1OC. The smallest absolute Gasteiger partial charge is 0.256 e. The first kappa shape index (κ1) is 22.8. The minimum Gasteiger partial charge on any atom is -0.493 e. The molecular weight excluding hydrogens is 454 g/mol. The van der Waals surface area contributed by atoms with Crippen LogP contribution in [0, 0.1) is 11.6 Å². The molecule has 0 unspecified atom stereocenters. The summed E-state index contributed by atoms with van der Waals surface area (Å²) in [6.45, 7) is 0.836. The van der Waals surface area contributed by atoms with Crippen molar-refractivity contribution in [2.45, 2.75) is 18.8 Å². The standard InChI is InChI=1S/C26H24F2N4O3/c1-34-21-8-4-5-18(24(21)35-2)17-9-10-22-29-25(30-32(22)15-17)16-11-13-31(14-12-16)26(33)19-6-3-7-20(27)23(19)28/h3-10,15-16H,11-14H2,1-2H3. The number of piperidine rings is 1. The Kier molecular flexibility index (Phi) is 6.07. The molecule has 1 amide bonds. The van der Waals surface area contributed by atoms with Gasteiger partial charge in [-0.1, -0.05) is 18.2 Å². The molecule has 2 aromatic carbocycles. The number of halogens is 2. The summed E-state index contributed by atoms with van der Waals surface area (Å²) in [5.74, 6) is -0.587. The van der Waals surface area contributed by atoms with Gasteiger partial charge in [0.25, 0.3) is 5.91 Å². The van der Waals surface area contributed by atoms with E-state index in [0.717, 1.165) is 17.2 Å². The Balaban J connectivity index is 1.34. The molecule has 0 radical (unpaired) electrons. The highest BCUT2D eigenvalue weighted by atomic mass is 19.2. The number of methoxy groups -OCH3 is 2. The van der Waals surface area contributed by atoms with Gasteiger partial charge < -0.3 is 14.4 Å². The van der Waals surface area contributed by atoms with Crippen LogP contribution in [0.1, 0.15) is 34.9 Å². The molecule has 1 saturated heterocycles. The van der Waals surface area contributed by atoms with Gasteiger partial charge in [-0.15, -0.1) is 0 Å². The zero-order valence-corrected chi connectivity index (χ0v) is 19.4. The first-order valence-electron chi connectivity index (χ1n) is 11.3. The zero-order chi connectivity index (χ0) is 24.5. The predicted octanol–water partition coefficient (Wildman–Crippen LogP) is 4.71. The number of fused-ring (bicyclic) bond motifs is 1. The Bertz CT molecular complexity index is 1400. The van der Waals surface area contributed by atoms with E-state index < -0.39 is 17.5 Å². The van der Waals surface area contributed by atoms with E-state index in [2.05, 4.69) is 4.98 Å². The third-order valence-electron chi connectivity index (χ3n) is 6.39. The van der Waals surface area contributed by atoms with Crippen LogP contribution in [0.3, 0.4) is 0 Å². The van der Waals surface area contributed by atoms with E-state index in [-0.39, 0.29) is 11.5 Å². The number of hydrogen-bond acceptors (Lipinski definition) is 5. The minimum atomic E-state index is -1.11. The highest BCUT2D eigenvalue weighted by Gasteiger charge is 2.29. The van der Waals surface area contributed by atoms with Gasteiger partial charge in [-0.25, -0.2) is 18.3 Å². The molecule has 180 valence electrons. The van der Waals surface area contributed by atoms with E-state index in [1.165, 1.54) is 12.1 Å². The van der Waals surface area contributed by atoms with Gasteiger partial charge in [-0.05, 0) is 43.2 Å². The molecule has 1 aliphatic rings. The molecular formula is C26H24F2N4O3. The molecule has 3 heterocycles. The molecule has 0 atom stereocenters. The van der Waals surface area contributed by atoms with Crippen molar-refractivity contribution in [2.75, 3.05) is 27.3 Å². The molecule has 2 aromatic heterocycles. The molecule has 5 rings (SSSR count). The first-order chi connectivity index (χ1) is 17.0. The van der Waals surface area contributed by atoms with Crippen LogP contribution in [0.5, 0.6) is 11.5 Å². The molecule has 4 aromatic rings. The Morgan fingerprint density at radius 2 is 1.77 bits per heavy atom. The summed E-state index contributed by atoms with van der Waals surface area (Å²) in [5.41, 5.74) is 2.25. The molecule has 0 spiro atoms. The summed E-state index contributed by atoms with van der Waals surface area (Å²) in [4.78, 5) is 18.9. The number of carbonyl (C=O) groups excluding carboxylic acids is 1. The van der Waals surface area contributed by atoms with E-state index >= 15 is 0 Å². The normalized spacial score (nSPS) is 14.3. The molecule has 7 nitrogen and oxygen atoms in total. The Morgan fingerprint density at radius 3 is 2.51 bits per heavy atom. The number of hydrogen-bond donors (Lipinski definition) is 0. The van der Waals surface area contributed by atoms with Crippen LogP contribution in [0.15, 0.2) is 54.7 Å². The third-order valence-corrected chi connectivity index (χ3v) is 6.39. The van der Waals surface area contributed by atoms with Gasteiger partial charge in [0.2, 0.25) is 0 Å². The number of amides is 1. The average Bonchev–Trinajstić information content (AvgIpc) is 3.33.